The minimum absolute atomic E-state index is 0.0371. The summed E-state index contributed by atoms with van der Waals surface area (Å²) in [5.41, 5.74) is 1.30. The molecule has 0 aliphatic rings. The third-order valence-electron chi connectivity index (χ3n) is 1.91. The van der Waals surface area contributed by atoms with E-state index < -0.39 is 5.97 Å². The number of H-pyrrole nitrogens is 1. The van der Waals surface area contributed by atoms with Gasteiger partial charge in [-0.05, 0) is 6.92 Å². The number of imidazole rings is 1. The number of hydrogen-bond acceptors (Lipinski definition) is 4. The van der Waals surface area contributed by atoms with Gasteiger partial charge in [0.25, 0.3) is 0 Å². The molecule has 2 rings (SSSR count). The SMILES string of the molecule is Cc1nccnc1-c1ncc(C(=O)O)[nH]1. The largest absolute Gasteiger partial charge is 0.477 e. The molecule has 0 radical (unpaired) electrons. The molecule has 0 spiro atoms. The normalized spacial score (nSPS) is 10.2. The van der Waals surface area contributed by atoms with E-state index in [1.54, 1.807) is 13.1 Å². The molecule has 0 aromatic carbocycles. The molecule has 2 aromatic heterocycles. The summed E-state index contributed by atoms with van der Waals surface area (Å²) in [6, 6.07) is 0. The number of rotatable bonds is 2. The number of nitrogens with one attached hydrogen (secondary N) is 1. The number of aromatic carboxylic acids is 1. The summed E-state index contributed by atoms with van der Waals surface area (Å²) in [5, 5.41) is 8.71. The van der Waals surface area contributed by atoms with Crippen LogP contribution in [0.25, 0.3) is 11.5 Å². The maximum Gasteiger partial charge on any atom is 0.353 e. The van der Waals surface area contributed by atoms with Gasteiger partial charge in [-0.15, -0.1) is 0 Å². The fraction of sp³-hybridized carbons (Fsp3) is 0.111. The van der Waals surface area contributed by atoms with Crippen LogP contribution in [-0.2, 0) is 0 Å². The molecule has 0 atom stereocenters. The number of aromatic amines is 1. The van der Waals surface area contributed by atoms with Crippen molar-refractivity contribution in [3.8, 4) is 11.5 Å². The minimum atomic E-state index is -1.05. The third-order valence-corrected chi connectivity index (χ3v) is 1.91. The number of aryl methyl sites for hydroxylation is 1. The maximum absolute atomic E-state index is 10.6. The summed E-state index contributed by atoms with van der Waals surface area (Å²) in [6.45, 7) is 1.78. The van der Waals surface area contributed by atoms with E-state index in [0.29, 0.717) is 17.2 Å². The molecule has 0 aliphatic heterocycles. The second kappa shape index (κ2) is 3.49. The predicted molar refractivity (Wildman–Crippen MR) is 51.3 cm³/mol. The number of aromatic nitrogens is 4. The van der Waals surface area contributed by atoms with Crippen molar-refractivity contribution < 1.29 is 9.90 Å². The Morgan fingerprint density at radius 1 is 1.33 bits per heavy atom. The van der Waals surface area contributed by atoms with Gasteiger partial charge < -0.3 is 10.1 Å². The number of carbonyl (C=O) groups is 1. The van der Waals surface area contributed by atoms with Gasteiger partial charge in [0.05, 0.1) is 11.9 Å². The van der Waals surface area contributed by atoms with E-state index in [-0.39, 0.29) is 5.69 Å². The molecule has 2 aromatic rings. The number of nitrogens with zero attached hydrogens (tertiary/aromatic N) is 3. The molecule has 0 bridgehead atoms. The van der Waals surface area contributed by atoms with Crippen LogP contribution in [-0.4, -0.2) is 31.0 Å². The molecule has 76 valence electrons. The zero-order valence-corrected chi connectivity index (χ0v) is 7.93. The number of hydrogen-bond donors (Lipinski definition) is 2. The van der Waals surface area contributed by atoms with Crippen LogP contribution in [0.4, 0.5) is 0 Å². The molecule has 0 fully saturated rings. The Morgan fingerprint density at radius 2 is 2.07 bits per heavy atom. The van der Waals surface area contributed by atoms with Gasteiger partial charge in [-0.1, -0.05) is 0 Å². The Balaban J connectivity index is 2.46. The van der Waals surface area contributed by atoms with Crippen LogP contribution in [0.2, 0.25) is 0 Å². The fourth-order valence-corrected chi connectivity index (χ4v) is 1.19. The molecule has 2 N–H and O–H groups in total. The number of carboxylic acids is 1. The average molecular weight is 204 g/mol. The molecule has 0 unspecified atom stereocenters. The highest BCUT2D eigenvalue weighted by Crippen LogP contribution is 2.14. The highest BCUT2D eigenvalue weighted by Gasteiger charge is 2.11. The van der Waals surface area contributed by atoms with Crippen molar-refractivity contribution in [3.63, 3.8) is 0 Å². The Kier molecular flexibility index (Phi) is 2.17. The third kappa shape index (κ3) is 1.69. The molecule has 15 heavy (non-hydrogen) atoms. The molecule has 0 amide bonds. The summed E-state index contributed by atoms with van der Waals surface area (Å²) in [5.74, 6) is -0.631. The van der Waals surface area contributed by atoms with E-state index in [1.807, 2.05) is 0 Å². The first kappa shape index (κ1) is 9.32. The van der Waals surface area contributed by atoms with Crippen molar-refractivity contribution in [3.05, 3.63) is 30.0 Å². The van der Waals surface area contributed by atoms with Crippen molar-refractivity contribution >= 4 is 5.97 Å². The second-order valence-electron chi connectivity index (χ2n) is 2.94. The molecule has 0 saturated heterocycles. The quantitative estimate of drug-likeness (QED) is 0.757. The van der Waals surface area contributed by atoms with Gasteiger partial charge >= 0.3 is 5.97 Å². The maximum atomic E-state index is 10.6. The summed E-state index contributed by atoms with van der Waals surface area (Å²) in [6.07, 6.45) is 4.36. The van der Waals surface area contributed by atoms with Crippen LogP contribution < -0.4 is 0 Å². The first-order chi connectivity index (χ1) is 7.18. The summed E-state index contributed by atoms with van der Waals surface area (Å²) < 4.78 is 0. The van der Waals surface area contributed by atoms with Crippen molar-refractivity contribution in [2.24, 2.45) is 0 Å². The van der Waals surface area contributed by atoms with Gasteiger partial charge in [0, 0.05) is 12.4 Å². The smallest absolute Gasteiger partial charge is 0.353 e. The van der Waals surface area contributed by atoms with E-state index in [0.717, 1.165) is 0 Å². The monoisotopic (exact) mass is 204 g/mol. The van der Waals surface area contributed by atoms with Crippen LogP contribution in [0.1, 0.15) is 16.2 Å². The van der Waals surface area contributed by atoms with Gasteiger partial charge in [0.15, 0.2) is 5.82 Å². The Bertz CT molecular complexity index is 506. The first-order valence-corrected chi connectivity index (χ1v) is 4.25. The lowest BCUT2D eigenvalue weighted by molar-refractivity contribution is 0.0691. The van der Waals surface area contributed by atoms with E-state index in [2.05, 4.69) is 19.9 Å². The Hall–Kier alpha value is -2.24. The number of carboxylic acid groups (broad SMARTS) is 1. The molecule has 6 heteroatoms. The molecule has 6 nitrogen and oxygen atoms in total. The first-order valence-electron chi connectivity index (χ1n) is 4.25. The van der Waals surface area contributed by atoms with Crippen molar-refractivity contribution in [2.75, 3.05) is 0 Å². The highest BCUT2D eigenvalue weighted by molar-refractivity contribution is 5.85. The lowest BCUT2D eigenvalue weighted by Gasteiger charge is -1.98. The Morgan fingerprint density at radius 3 is 2.67 bits per heavy atom. The van der Waals surface area contributed by atoms with E-state index in [1.165, 1.54) is 12.4 Å². The molecule has 2 heterocycles. The summed E-state index contributed by atoms with van der Waals surface area (Å²) in [7, 11) is 0. The van der Waals surface area contributed by atoms with Crippen LogP contribution in [0.5, 0.6) is 0 Å². The van der Waals surface area contributed by atoms with Crippen molar-refractivity contribution in [1.29, 1.82) is 0 Å². The fourth-order valence-electron chi connectivity index (χ4n) is 1.19. The van der Waals surface area contributed by atoms with Gasteiger partial charge in [0.2, 0.25) is 0 Å². The van der Waals surface area contributed by atoms with E-state index in [4.69, 9.17) is 5.11 Å². The lowest BCUT2D eigenvalue weighted by Crippen LogP contribution is -1.97. The summed E-state index contributed by atoms with van der Waals surface area (Å²) >= 11 is 0. The lowest BCUT2D eigenvalue weighted by atomic mass is 10.3. The average Bonchev–Trinajstić information content (AvgIpc) is 2.67. The minimum Gasteiger partial charge on any atom is -0.477 e. The van der Waals surface area contributed by atoms with Gasteiger partial charge in [-0.25, -0.2) is 14.8 Å². The Labute approximate surface area is 85.0 Å². The van der Waals surface area contributed by atoms with Crippen LogP contribution in [0, 0.1) is 6.92 Å². The van der Waals surface area contributed by atoms with Crippen molar-refractivity contribution in [1.82, 2.24) is 19.9 Å². The van der Waals surface area contributed by atoms with Crippen LogP contribution >= 0.6 is 0 Å². The predicted octanol–water partition coefficient (Wildman–Crippen LogP) is 0.873. The zero-order chi connectivity index (χ0) is 10.8. The zero-order valence-electron chi connectivity index (χ0n) is 7.93. The molecule has 0 saturated carbocycles. The van der Waals surface area contributed by atoms with Gasteiger partial charge in [-0.2, -0.15) is 0 Å². The van der Waals surface area contributed by atoms with Gasteiger partial charge in [-0.3, -0.25) is 4.98 Å². The topological polar surface area (TPSA) is 91.8 Å². The van der Waals surface area contributed by atoms with E-state index in [9.17, 15) is 4.79 Å². The molecule has 0 aliphatic carbocycles. The van der Waals surface area contributed by atoms with Gasteiger partial charge in [0.1, 0.15) is 11.4 Å². The standard InChI is InChI=1S/C9H8N4O2/c1-5-7(11-3-2-10-5)8-12-4-6(13-8)9(14)15/h2-4H,1H3,(H,12,13)(H,14,15). The van der Waals surface area contributed by atoms with Crippen molar-refractivity contribution in [2.45, 2.75) is 6.92 Å². The summed E-state index contributed by atoms with van der Waals surface area (Å²) in [4.78, 5) is 25.3. The molecular formula is C9H8N4O2. The second-order valence-corrected chi connectivity index (χ2v) is 2.94. The van der Waals surface area contributed by atoms with Crippen LogP contribution in [0.3, 0.4) is 0 Å². The highest BCUT2D eigenvalue weighted by atomic mass is 16.4. The molecular weight excluding hydrogens is 196 g/mol. The van der Waals surface area contributed by atoms with E-state index >= 15 is 0 Å². The van der Waals surface area contributed by atoms with Crippen LogP contribution in [0.15, 0.2) is 18.6 Å².